The highest BCUT2D eigenvalue weighted by molar-refractivity contribution is 7.99. The molecule has 10 heteroatoms. The van der Waals surface area contributed by atoms with E-state index in [0.717, 1.165) is 5.69 Å². The zero-order chi connectivity index (χ0) is 24.8. The third-order valence-corrected chi connectivity index (χ3v) is 6.60. The van der Waals surface area contributed by atoms with E-state index in [2.05, 4.69) is 29.4 Å². The van der Waals surface area contributed by atoms with Gasteiger partial charge in [-0.3, -0.25) is 4.79 Å². The highest BCUT2D eigenvalue weighted by Crippen LogP contribution is 2.27. The number of rotatable bonds is 7. The standard InChI is InChI=1S/C25H29FN6O2S/c1-18(2)16-32-23(20-10-6-7-11-21(20)26)28-29-25(32)35-17-22(33)30-12-14-31(15-13-30)24(34)27-19-8-4-3-5-9-19/h3-11,18H,12-17H2,1-2H3,(H,27,34). The van der Waals surface area contributed by atoms with Crippen molar-refractivity contribution in [2.24, 2.45) is 5.92 Å². The SMILES string of the molecule is CC(C)Cn1c(SCC(=O)N2CCN(C(=O)Nc3ccccc3)CC2)nnc1-c1ccccc1F. The Bertz CT molecular complexity index is 1160. The monoisotopic (exact) mass is 496 g/mol. The number of amides is 3. The number of carbonyl (C=O) groups is 2. The van der Waals surface area contributed by atoms with Gasteiger partial charge in [-0.15, -0.1) is 10.2 Å². The largest absolute Gasteiger partial charge is 0.338 e. The highest BCUT2D eigenvalue weighted by atomic mass is 32.2. The lowest BCUT2D eigenvalue weighted by Crippen LogP contribution is -2.52. The van der Waals surface area contributed by atoms with Gasteiger partial charge >= 0.3 is 6.03 Å². The van der Waals surface area contributed by atoms with Crippen LogP contribution in [-0.2, 0) is 11.3 Å². The number of piperazine rings is 1. The maximum atomic E-state index is 14.4. The quantitative estimate of drug-likeness (QED) is 0.496. The van der Waals surface area contributed by atoms with E-state index in [9.17, 15) is 14.0 Å². The molecule has 1 aromatic heterocycles. The maximum Gasteiger partial charge on any atom is 0.321 e. The van der Waals surface area contributed by atoms with Crippen LogP contribution >= 0.6 is 11.8 Å². The normalized spacial score (nSPS) is 13.8. The van der Waals surface area contributed by atoms with Gasteiger partial charge in [-0.05, 0) is 30.2 Å². The second-order valence-corrected chi connectivity index (χ2v) is 9.69. The number of nitrogens with one attached hydrogen (secondary N) is 1. The Morgan fingerprint density at radius 3 is 2.31 bits per heavy atom. The van der Waals surface area contributed by atoms with Crippen molar-refractivity contribution in [2.45, 2.75) is 25.5 Å². The van der Waals surface area contributed by atoms with E-state index in [-0.39, 0.29) is 23.5 Å². The van der Waals surface area contributed by atoms with E-state index >= 15 is 0 Å². The third-order valence-electron chi connectivity index (χ3n) is 5.65. The van der Waals surface area contributed by atoms with Gasteiger partial charge in [0.15, 0.2) is 11.0 Å². The molecule has 1 aliphatic rings. The van der Waals surface area contributed by atoms with E-state index in [1.54, 1.807) is 28.0 Å². The fourth-order valence-electron chi connectivity index (χ4n) is 3.87. The van der Waals surface area contributed by atoms with Gasteiger partial charge < -0.3 is 19.7 Å². The molecular weight excluding hydrogens is 467 g/mol. The van der Waals surface area contributed by atoms with Crippen molar-refractivity contribution in [1.82, 2.24) is 24.6 Å². The topological polar surface area (TPSA) is 83.4 Å². The summed E-state index contributed by atoms with van der Waals surface area (Å²) in [6.45, 7) is 6.63. The molecule has 0 saturated carbocycles. The van der Waals surface area contributed by atoms with Crippen LogP contribution in [0, 0.1) is 11.7 Å². The van der Waals surface area contributed by atoms with Gasteiger partial charge in [-0.25, -0.2) is 9.18 Å². The van der Waals surface area contributed by atoms with Crippen LogP contribution in [0.25, 0.3) is 11.4 Å². The molecule has 4 rings (SSSR count). The molecule has 1 N–H and O–H groups in total. The lowest BCUT2D eigenvalue weighted by molar-refractivity contribution is -0.129. The smallest absolute Gasteiger partial charge is 0.321 e. The molecule has 0 bridgehead atoms. The van der Waals surface area contributed by atoms with Crippen LogP contribution in [-0.4, -0.2) is 68.4 Å². The molecule has 1 saturated heterocycles. The third kappa shape index (κ3) is 6.19. The van der Waals surface area contributed by atoms with Crippen molar-refractivity contribution in [1.29, 1.82) is 0 Å². The number of hydrogen-bond donors (Lipinski definition) is 1. The number of thioether (sulfide) groups is 1. The molecule has 184 valence electrons. The van der Waals surface area contributed by atoms with Gasteiger partial charge in [0.1, 0.15) is 5.82 Å². The number of carbonyl (C=O) groups excluding carboxylic acids is 2. The molecule has 1 aliphatic heterocycles. The van der Waals surface area contributed by atoms with Crippen LogP contribution in [0.1, 0.15) is 13.8 Å². The number of anilines is 1. The summed E-state index contributed by atoms with van der Waals surface area (Å²) in [6, 6.07) is 15.6. The summed E-state index contributed by atoms with van der Waals surface area (Å²) in [7, 11) is 0. The average Bonchev–Trinajstić information content (AvgIpc) is 3.25. The highest BCUT2D eigenvalue weighted by Gasteiger charge is 2.25. The van der Waals surface area contributed by atoms with Crippen molar-refractivity contribution in [3.05, 3.63) is 60.4 Å². The summed E-state index contributed by atoms with van der Waals surface area (Å²) in [5.74, 6) is 0.576. The number of urea groups is 1. The van der Waals surface area contributed by atoms with E-state index in [0.29, 0.717) is 55.2 Å². The van der Waals surface area contributed by atoms with Gasteiger partial charge in [-0.2, -0.15) is 0 Å². The van der Waals surface area contributed by atoms with Gasteiger partial charge in [0.05, 0.1) is 11.3 Å². The van der Waals surface area contributed by atoms with Crippen molar-refractivity contribution < 1.29 is 14.0 Å². The summed E-state index contributed by atoms with van der Waals surface area (Å²) >= 11 is 1.30. The zero-order valence-corrected chi connectivity index (χ0v) is 20.7. The molecule has 0 atom stereocenters. The van der Waals surface area contributed by atoms with Crippen LogP contribution in [0.5, 0.6) is 0 Å². The molecule has 3 aromatic rings. The Hall–Kier alpha value is -3.40. The van der Waals surface area contributed by atoms with Crippen molar-refractivity contribution in [3.63, 3.8) is 0 Å². The molecular formula is C25H29FN6O2S. The van der Waals surface area contributed by atoms with Gasteiger partial charge in [0, 0.05) is 38.4 Å². The minimum Gasteiger partial charge on any atom is -0.338 e. The molecule has 2 aromatic carbocycles. The maximum absolute atomic E-state index is 14.4. The first-order valence-corrected chi connectivity index (χ1v) is 12.6. The first-order valence-electron chi connectivity index (χ1n) is 11.6. The second-order valence-electron chi connectivity index (χ2n) is 8.74. The van der Waals surface area contributed by atoms with Gasteiger partial charge in [0.25, 0.3) is 0 Å². The van der Waals surface area contributed by atoms with E-state index < -0.39 is 0 Å². The minimum atomic E-state index is -0.355. The van der Waals surface area contributed by atoms with Crippen LogP contribution in [0.3, 0.4) is 0 Å². The zero-order valence-electron chi connectivity index (χ0n) is 19.9. The van der Waals surface area contributed by atoms with Crippen LogP contribution in [0.15, 0.2) is 59.8 Å². The predicted molar refractivity (Wildman–Crippen MR) is 135 cm³/mol. The number of halogens is 1. The Kier molecular flexibility index (Phi) is 8.02. The molecule has 2 heterocycles. The van der Waals surface area contributed by atoms with Gasteiger partial charge in [0.2, 0.25) is 5.91 Å². The molecule has 3 amide bonds. The Morgan fingerprint density at radius 1 is 0.971 bits per heavy atom. The molecule has 0 spiro atoms. The first-order chi connectivity index (χ1) is 16.9. The lowest BCUT2D eigenvalue weighted by atomic mass is 10.2. The van der Waals surface area contributed by atoms with Crippen LogP contribution < -0.4 is 5.32 Å². The molecule has 35 heavy (non-hydrogen) atoms. The van der Waals surface area contributed by atoms with E-state index in [4.69, 9.17) is 0 Å². The summed E-state index contributed by atoms with van der Waals surface area (Å²) in [6.07, 6.45) is 0. The summed E-state index contributed by atoms with van der Waals surface area (Å²) in [5.41, 5.74) is 1.14. The molecule has 8 nitrogen and oxygen atoms in total. The minimum absolute atomic E-state index is 0.0235. The number of aromatic nitrogens is 3. The Labute approximate surface area is 208 Å². The Balaban J connectivity index is 1.34. The average molecular weight is 497 g/mol. The Morgan fingerprint density at radius 2 is 1.63 bits per heavy atom. The van der Waals surface area contributed by atoms with E-state index in [1.807, 2.05) is 34.9 Å². The number of hydrogen-bond acceptors (Lipinski definition) is 5. The van der Waals surface area contributed by atoms with Crippen molar-refractivity contribution >= 4 is 29.4 Å². The molecule has 0 radical (unpaired) electrons. The predicted octanol–water partition coefficient (Wildman–Crippen LogP) is 4.21. The number of para-hydroxylation sites is 1. The molecule has 0 aliphatic carbocycles. The van der Waals surface area contributed by atoms with Gasteiger partial charge in [-0.1, -0.05) is 55.9 Å². The van der Waals surface area contributed by atoms with E-state index in [1.165, 1.54) is 17.8 Å². The summed E-state index contributed by atoms with van der Waals surface area (Å²) in [4.78, 5) is 28.8. The lowest BCUT2D eigenvalue weighted by Gasteiger charge is -2.34. The first kappa shape index (κ1) is 24.7. The molecule has 0 unspecified atom stereocenters. The van der Waals surface area contributed by atoms with Crippen molar-refractivity contribution in [2.75, 3.05) is 37.2 Å². The van der Waals surface area contributed by atoms with Crippen LogP contribution in [0.2, 0.25) is 0 Å². The summed E-state index contributed by atoms with van der Waals surface area (Å²) < 4.78 is 16.3. The summed E-state index contributed by atoms with van der Waals surface area (Å²) in [5, 5.41) is 12.0. The fourth-order valence-corrected chi connectivity index (χ4v) is 4.72. The fraction of sp³-hybridized carbons (Fsp3) is 0.360. The number of nitrogens with zero attached hydrogens (tertiary/aromatic N) is 5. The van der Waals surface area contributed by atoms with Crippen molar-refractivity contribution in [3.8, 4) is 11.4 Å². The number of benzene rings is 2. The van der Waals surface area contributed by atoms with Crippen LogP contribution in [0.4, 0.5) is 14.9 Å². The second kappa shape index (κ2) is 11.4. The molecule has 1 fully saturated rings.